The number of halogens is 2. The molecule has 240 valence electrons. The molecular weight excluding hydrogens is 658 g/mol. The molecule has 0 aliphatic carbocycles. The summed E-state index contributed by atoms with van der Waals surface area (Å²) >= 11 is 1.50. The minimum absolute atomic E-state index is 0.346. The molecule has 8 aromatic carbocycles. The van der Waals surface area contributed by atoms with E-state index in [9.17, 15) is 8.78 Å². The zero-order valence-electron chi connectivity index (χ0n) is 26.8. The van der Waals surface area contributed by atoms with Crippen molar-refractivity contribution in [1.82, 2.24) is 0 Å². The zero-order chi connectivity index (χ0) is 33.9. The molecule has 0 saturated heterocycles. The van der Waals surface area contributed by atoms with Gasteiger partial charge in [-0.3, -0.25) is 0 Å². The molecule has 0 fully saturated rings. The summed E-state index contributed by atoms with van der Waals surface area (Å²) in [5, 5.41) is 8.20. The number of hydrogen-bond donors (Lipinski definition) is 0. The van der Waals surface area contributed by atoms with Crippen LogP contribution >= 0.6 is 18.5 Å². The summed E-state index contributed by atoms with van der Waals surface area (Å²) in [7, 11) is -3.32. The van der Waals surface area contributed by atoms with Crippen LogP contribution in [0.3, 0.4) is 0 Å². The van der Waals surface area contributed by atoms with Gasteiger partial charge < -0.3 is 4.57 Å². The molecule has 0 saturated carbocycles. The molecule has 0 aliphatic heterocycles. The Hall–Kier alpha value is -5.41. The SMILES string of the molecule is O=P(c1ccccc1)(c1ccccc1)c1ccc(C(c2ccc(F)cc2)(c2ccc(F)cc2)c2cc3cccc4ccc5cccc2c5c43)s1. The van der Waals surface area contributed by atoms with Crippen molar-refractivity contribution in [3.63, 3.8) is 0 Å². The van der Waals surface area contributed by atoms with E-state index in [0.717, 1.165) is 63.7 Å². The minimum atomic E-state index is -3.32. The fourth-order valence-electron chi connectivity index (χ4n) is 7.74. The van der Waals surface area contributed by atoms with Crippen LogP contribution in [0.5, 0.6) is 0 Å². The molecule has 0 bridgehead atoms. The van der Waals surface area contributed by atoms with Gasteiger partial charge in [-0.05, 0) is 91.5 Å². The van der Waals surface area contributed by atoms with E-state index in [2.05, 4.69) is 60.7 Å². The summed E-state index contributed by atoms with van der Waals surface area (Å²) in [6.45, 7) is 0. The molecular formula is C45H29F2OPS. The first kappa shape index (κ1) is 30.6. The Morgan fingerprint density at radius 1 is 0.480 bits per heavy atom. The number of thiophene rings is 1. The van der Waals surface area contributed by atoms with Gasteiger partial charge in [0.2, 0.25) is 0 Å². The van der Waals surface area contributed by atoms with E-state index in [-0.39, 0.29) is 11.6 Å². The van der Waals surface area contributed by atoms with Gasteiger partial charge in [-0.25, -0.2) is 8.78 Å². The van der Waals surface area contributed by atoms with Gasteiger partial charge in [0.1, 0.15) is 11.6 Å². The van der Waals surface area contributed by atoms with Crippen molar-refractivity contribution in [2.24, 2.45) is 0 Å². The Balaban J connectivity index is 1.43. The lowest BCUT2D eigenvalue weighted by atomic mass is 9.66. The Labute approximate surface area is 292 Å². The largest absolute Gasteiger partial charge is 0.308 e. The molecule has 5 heteroatoms. The van der Waals surface area contributed by atoms with E-state index >= 15 is 4.57 Å². The summed E-state index contributed by atoms with van der Waals surface area (Å²) in [5.41, 5.74) is 1.59. The highest BCUT2D eigenvalue weighted by Crippen LogP contribution is 2.53. The third-order valence-electron chi connectivity index (χ3n) is 9.98. The first-order chi connectivity index (χ1) is 24.5. The highest BCUT2D eigenvalue weighted by Gasteiger charge is 2.43. The Kier molecular flexibility index (Phi) is 7.28. The highest BCUT2D eigenvalue weighted by atomic mass is 32.1. The molecule has 9 rings (SSSR count). The quantitative estimate of drug-likeness (QED) is 0.0927. The van der Waals surface area contributed by atoms with E-state index < -0.39 is 12.6 Å². The molecule has 0 aliphatic rings. The van der Waals surface area contributed by atoms with E-state index in [1.54, 1.807) is 0 Å². The van der Waals surface area contributed by atoms with Crippen molar-refractivity contribution in [1.29, 1.82) is 0 Å². The average molecular weight is 687 g/mol. The first-order valence-corrected chi connectivity index (χ1v) is 19.0. The lowest BCUT2D eigenvalue weighted by Gasteiger charge is -2.37. The van der Waals surface area contributed by atoms with Gasteiger partial charge in [0.25, 0.3) is 0 Å². The molecule has 0 radical (unpaired) electrons. The monoisotopic (exact) mass is 686 g/mol. The fourth-order valence-corrected chi connectivity index (χ4v) is 12.5. The number of hydrogen-bond acceptors (Lipinski definition) is 2. The Bertz CT molecular complexity index is 2600. The molecule has 1 nitrogen and oxygen atoms in total. The van der Waals surface area contributed by atoms with Crippen LogP contribution in [0, 0.1) is 11.6 Å². The van der Waals surface area contributed by atoms with Crippen LogP contribution in [0.2, 0.25) is 0 Å². The third kappa shape index (κ3) is 4.60. The fraction of sp³-hybridized carbons (Fsp3) is 0.0222. The molecule has 0 unspecified atom stereocenters. The van der Waals surface area contributed by atoms with Crippen molar-refractivity contribution in [2.45, 2.75) is 5.41 Å². The maximum atomic E-state index is 15.6. The van der Waals surface area contributed by atoms with Crippen LogP contribution in [0.4, 0.5) is 8.78 Å². The van der Waals surface area contributed by atoms with Crippen LogP contribution < -0.4 is 15.2 Å². The summed E-state index contributed by atoms with van der Waals surface area (Å²) < 4.78 is 45.9. The molecule has 1 aromatic heterocycles. The second-order valence-corrected chi connectivity index (χ2v) is 16.8. The predicted molar refractivity (Wildman–Crippen MR) is 206 cm³/mol. The van der Waals surface area contributed by atoms with Crippen molar-refractivity contribution in [2.75, 3.05) is 0 Å². The Morgan fingerprint density at radius 3 is 1.58 bits per heavy atom. The smallest absolute Gasteiger partial charge is 0.180 e. The van der Waals surface area contributed by atoms with E-state index in [1.807, 2.05) is 91.0 Å². The average Bonchev–Trinajstić information content (AvgIpc) is 3.67. The van der Waals surface area contributed by atoms with Crippen molar-refractivity contribution < 1.29 is 13.3 Å². The number of benzene rings is 8. The number of rotatable bonds is 7. The van der Waals surface area contributed by atoms with E-state index in [4.69, 9.17) is 0 Å². The maximum Gasteiger partial charge on any atom is 0.180 e. The third-order valence-corrected chi connectivity index (χ3v) is 14.9. The molecule has 0 spiro atoms. The summed E-state index contributed by atoms with van der Waals surface area (Å²) in [6, 6.07) is 55.8. The van der Waals surface area contributed by atoms with Crippen molar-refractivity contribution >= 4 is 66.0 Å². The predicted octanol–water partition coefficient (Wildman–Crippen LogP) is 10.9. The van der Waals surface area contributed by atoms with Crippen molar-refractivity contribution in [3.05, 3.63) is 209 Å². The summed E-state index contributed by atoms with van der Waals surface area (Å²) in [5.74, 6) is -0.692. The van der Waals surface area contributed by atoms with Crippen LogP contribution in [-0.2, 0) is 9.98 Å². The maximum absolute atomic E-state index is 15.6. The second-order valence-electron chi connectivity index (χ2n) is 12.7. The summed E-state index contributed by atoms with van der Waals surface area (Å²) in [4.78, 5) is 0.896. The van der Waals surface area contributed by atoms with Gasteiger partial charge in [0.15, 0.2) is 7.14 Å². The normalized spacial score (nSPS) is 12.3. The van der Waals surface area contributed by atoms with Gasteiger partial charge in [0.05, 0.1) is 10.0 Å². The lowest BCUT2D eigenvalue weighted by Crippen LogP contribution is -2.31. The Morgan fingerprint density at radius 2 is 1.00 bits per heavy atom. The van der Waals surface area contributed by atoms with Gasteiger partial charge in [0, 0.05) is 15.5 Å². The standard InChI is InChI=1S/C45H29F2OPS/c46-35-23-19-33(20-24-35)45(34-21-25-36(47)26-22-34,40-29-32-11-7-9-30-17-18-31-10-8-16-39(40)44(31)43(30)32)41-27-28-42(50-41)49(48,37-12-3-1-4-13-37)38-14-5-2-6-15-38/h1-29H. The highest BCUT2D eigenvalue weighted by molar-refractivity contribution is 7.89. The van der Waals surface area contributed by atoms with Gasteiger partial charge >= 0.3 is 0 Å². The molecule has 9 aromatic rings. The van der Waals surface area contributed by atoms with Crippen LogP contribution in [0.15, 0.2) is 176 Å². The molecule has 0 amide bonds. The van der Waals surface area contributed by atoms with E-state index in [1.165, 1.54) is 41.0 Å². The second kappa shape index (κ2) is 11.9. The molecule has 50 heavy (non-hydrogen) atoms. The van der Waals surface area contributed by atoms with E-state index in [0.29, 0.717) is 0 Å². The topological polar surface area (TPSA) is 17.1 Å². The van der Waals surface area contributed by atoms with Gasteiger partial charge in [-0.1, -0.05) is 133 Å². The lowest BCUT2D eigenvalue weighted by molar-refractivity contribution is 0.593. The first-order valence-electron chi connectivity index (χ1n) is 16.5. The van der Waals surface area contributed by atoms with Crippen LogP contribution in [0.1, 0.15) is 21.6 Å². The summed E-state index contributed by atoms with van der Waals surface area (Å²) in [6.07, 6.45) is 0. The minimum Gasteiger partial charge on any atom is -0.308 e. The van der Waals surface area contributed by atoms with Gasteiger partial charge in [-0.2, -0.15) is 0 Å². The molecule has 1 heterocycles. The molecule has 0 atom stereocenters. The van der Waals surface area contributed by atoms with Crippen molar-refractivity contribution in [3.8, 4) is 0 Å². The molecule has 0 N–H and O–H groups in total. The van der Waals surface area contributed by atoms with Crippen LogP contribution in [0.25, 0.3) is 32.3 Å². The van der Waals surface area contributed by atoms with Crippen LogP contribution in [-0.4, -0.2) is 0 Å². The zero-order valence-corrected chi connectivity index (χ0v) is 28.5. The van der Waals surface area contributed by atoms with Gasteiger partial charge in [-0.15, -0.1) is 11.3 Å².